The fourth-order valence-corrected chi connectivity index (χ4v) is 2.13. The SMILES string of the molecule is COCC(OC[n+]1cn(C)c2c(=O)[nH]c(N)nc21)[C@H](O)CO. The van der Waals surface area contributed by atoms with E-state index in [1.165, 1.54) is 7.11 Å². The summed E-state index contributed by atoms with van der Waals surface area (Å²) in [5, 5.41) is 18.7. The molecule has 2 aromatic rings. The third-order valence-corrected chi connectivity index (χ3v) is 3.21. The van der Waals surface area contributed by atoms with E-state index in [2.05, 4.69) is 9.97 Å². The number of rotatable bonds is 7. The minimum atomic E-state index is -1.07. The number of nitrogens with one attached hydrogen (secondary N) is 1. The Hall–Kier alpha value is -2.01. The molecule has 2 heterocycles. The number of anilines is 1. The van der Waals surface area contributed by atoms with Crippen LogP contribution in [0.3, 0.4) is 0 Å². The van der Waals surface area contributed by atoms with Crippen molar-refractivity contribution in [2.75, 3.05) is 26.1 Å². The number of aliphatic hydroxyl groups excluding tert-OH is 2. The molecule has 0 aliphatic carbocycles. The van der Waals surface area contributed by atoms with Crippen LogP contribution in [0.25, 0.3) is 11.2 Å². The van der Waals surface area contributed by atoms with Gasteiger partial charge >= 0.3 is 5.65 Å². The molecule has 0 bridgehead atoms. The van der Waals surface area contributed by atoms with Gasteiger partial charge in [-0.3, -0.25) is 14.3 Å². The van der Waals surface area contributed by atoms with Crippen molar-refractivity contribution < 1.29 is 24.3 Å². The van der Waals surface area contributed by atoms with Crippen LogP contribution in [0.4, 0.5) is 5.95 Å². The summed E-state index contributed by atoms with van der Waals surface area (Å²) in [4.78, 5) is 18.4. The lowest BCUT2D eigenvalue weighted by molar-refractivity contribution is -0.714. The van der Waals surface area contributed by atoms with Gasteiger partial charge in [-0.2, -0.15) is 0 Å². The molecule has 0 saturated heterocycles. The van der Waals surface area contributed by atoms with Crippen LogP contribution in [-0.4, -0.2) is 57.3 Å². The third kappa shape index (κ3) is 3.25. The zero-order valence-electron chi connectivity index (χ0n) is 12.4. The smallest absolute Gasteiger partial charge is 0.313 e. The van der Waals surface area contributed by atoms with Crippen LogP contribution >= 0.6 is 0 Å². The van der Waals surface area contributed by atoms with E-state index in [4.69, 9.17) is 20.3 Å². The van der Waals surface area contributed by atoms with Gasteiger partial charge in [-0.1, -0.05) is 4.98 Å². The van der Waals surface area contributed by atoms with Gasteiger partial charge in [0.15, 0.2) is 13.1 Å². The fourth-order valence-electron chi connectivity index (χ4n) is 2.13. The lowest BCUT2D eigenvalue weighted by Gasteiger charge is -2.20. The highest BCUT2D eigenvalue weighted by molar-refractivity contribution is 5.66. The first-order chi connectivity index (χ1) is 10.5. The summed E-state index contributed by atoms with van der Waals surface area (Å²) in [7, 11) is 3.16. The molecule has 2 aromatic heterocycles. The van der Waals surface area contributed by atoms with Crippen molar-refractivity contribution in [2.45, 2.75) is 18.9 Å². The second-order valence-corrected chi connectivity index (χ2v) is 4.86. The Kier molecular flexibility index (Phi) is 5.08. The van der Waals surface area contributed by atoms with Crippen molar-refractivity contribution in [2.24, 2.45) is 7.05 Å². The molecule has 22 heavy (non-hydrogen) atoms. The van der Waals surface area contributed by atoms with Gasteiger partial charge in [-0.05, 0) is 0 Å². The minimum absolute atomic E-state index is 0.00119. The molecule has 5 N–H and O–H groups in total. The van der Waals surface area contributed by atoms with Gasteiger partial charge in [-0.15, -0.1) is 0 Å². The average Bonchev–Trinajstić information content (AvgIpc) is 2.79. The Morgan fingerprint density at radius 3 is 2.95 bits per heavy atom. The number of hydrogen-bond acceptors (Lipinski definition) is 7. The van der Waals surface area contributed by atoms with Gasteiger partial charge in [0.05, 0.1) is 20.3 Å². The molecule has 0 spiro atoms. The van der Waals surface area contributed by atoms with E-state index in [0.29, 0.717) is 11.2 Å². The van der Waals surface area contributed by atoms with Crippen molar-refractivity contribution in [1.82, 2.24) is 14.5 Å². The summed E-state index contributed by atoms with van der Waals surface area (Å²) < 4.78 is 13.7. The van der Waals surface area contributed by atoms with E-state index in [9.17, 15) is 9.90 Å². The first kappa shape index (κ1) is 16.4. The first-order valence-electron chi connectivity index (χ1n) is 6.61. The number of imidazole rings is 1. The number of hydrogen-bond donors (Lipinski definition) is 4. The van der Waals surface area contributed by atoms with Crippen molar-refractivity contribution >= 4 is 17.1 Å². The molecule has 1 unspecified atom stereocenters. The molecule has 0 radical (unpaired) electrons. The molecule has 0 aliphatic heterocycles. The van der Waals surface area contributed by atoms with Crippen molar-refractivity contribution in [1.29, 1.82) is 0 Å². The molecule has 2 atom stereocenters. The number of aromatic nitrogens is 4. The molecule has 2 rings (SSSR count). The van der Waals surface area contributed by atoms with Crippen molar-refractivity contribution in [3.05, 3.63) is 16.7 Å². The molecule has 122 valence electrons. The molecule has 0 saturated carbocycles. The number of aliphatic hydroxyl groups is 2. The van der Waals surface area contributed by atoms with E-state index in [-0.39, 0.29) is 24.8 Å². The maximum Gasteiger partial charge on any atom is 0.313 e. The second-order valence-electron chi connectivity index (χ2n) is 4.86. The van der Waals surface area contributed by atoms with Gasteiger partial charge in [0.1, 0.15) is 12.2 Å². The Balaban J connectivity index is 2.26. The largest absolute Gasteiger partial charge is 0.394 e. The Morgan fingerprint density at radius 2 is 2.32 bits per heavy atom. The molecular weight excluding hydrogens is 294 g/mol. The monoisotopic (exact) mass is 314 g/mol. The molecule has 10 heteroatoms. The van der Waals surface area contributed by atoms with E-state index in [1.807, 2.05) is 0 Å². The van der Waals surface area contributed by atoms with Crippen LogP contribution in [0.15, 0.2) is 11.1 Å². The summed E-state index contributed by atoms with van der Waals surface area (Å²) >= 11 is 0. The Bertz CT molecular complexity index is 697. The minimum Gasteiger partial charge on any atom is -0.394 e. The topological polar surface area (TPSA) is 140 Å². The predicted molar refractivity (Wildman–Crippen MR) is 75.8 cm³/mol. The highest BCUT2D eigenvalue weighted by Crippen LogP contribution is 2.05. The Labute approximate surface area is 125 Å². The number of nitrogen functional groups attached to an aromatic ring is 1. The van der Waals surface area contributed by atoms with Gasteiger partial charge in [0.25, 0.3) is 11.5 Å². The number of aromatic amines is 1. The van der Waals surface area contributed by atoms with Crippen molar-refractivity contribution in [3.8, 4) is 0 Å². The number of aryl methyl sites for hydroxylation is 1. The number of H-pyrrole nitrogens is 1. The van der Waals surface area contributed by atoms with Crippen LogP contribution in [0.5, 0.6) is 0 Å². The zero-order chi connectivity index (χ0) is 16.3. The summed E-state index contributed by atoms with van der Waals surface area (Å²) in [5.41, 5.74) is 5.91. The van der Waals surface area contributed by atoms with Crippen molar-refractivity contribution in [3.63, 3.8) is 0 Å². The predicted octanol–water partition coefficient (Wildman–Crippen LogP) is -2.53. The quantitative estimate of drug-likeness (QED) is 0.413. The number of ether oxygens (including phenoxy) is 2. The molecule has 0 aliphatic rings. The van der Waals surface area contributed by atoms with Crippen LogP contribution in [0, 0.1) is 0 Å². The lowest BCUT2D eigenvalue weighted by Crippen LogP contribution is -2.42. The van der Waals surface area contributed by atoms with Gasteiger partial charge in [-0.25, -0.2) is 4.57 Å². The maximum atomic E-state index is 11.9. The van der Waals surface area contributed by atoms with E-state index in [0.717, 1.165) is 0 Å². The molecular formula is C12H20N5O5+. The van der Waals surface area contributed by atoms with E-state index < -0.39 is 18.8 Å². The van der Waals surface area contributed by atoms with Crippen LogP contribution in [-0.2, 0) is 23.3 Å². The molecule has 0 amide bonds. The number of fused-ring (bicyclic) bond motifs is 1. The van der Waals surface area contributed by atoms with Crippen LogP contribution < -0.4 is 15.9 Å². The maximum absolute atomic E-state index is 11.9. The highest BCUT2D eigenvalue weighted by Gasteiger charge is 2.23. The molecule has 0 aromatic carbocycles. The summed E-state index contributed by atoms with van der Waals surface area (Å²) in [6.45, 7) is -0.319. The van der Waals surface area contributed by atoms with Gasteiger partial charge < -0.3 is 25.4 Å². The lowest BCUT2D eigenvalue weighted by atomic mass is 10.2. The van der Waals surface area contributed by atoms with E-state index >= 15 is 0 Å². The highest BCUT2D eigenvalue weighted by atomic mass is 16.5. The van der Waals surface area contributed by atoms with Crippen LogP contribution in [0.2, 0.25) is 0 Å². The van der Waals surface area contributed by atoms with Crippen LogP contribution in [0.1, 0.15) is 0 Å². The first-order valence-corrected chi connectivity index (χ1v) is 6.61. The fraction of sp³-hybridized carbons (Fsp3) is 0.583. The second kappa shape index (κ2) is 6.83. The number of nitrogens with two attached hydrogens (primary N) is 1. The third-order valence-electron chi connectivity index (χ3n) is 3.21. The molecule has 10 nitrogen and oxygen atoms in total. The van der Waals surface area contributed by atoms with Gasteiger partial charge in [0.2, 0.25) is 5.52 Å². The summed E-state index contributed by atoms with van der Waals surface area (Å²) in [6.07, 6.45) is -0.157. The average molecular weight is 314 g/mol. The number of nitrogens with zero attached hydrogens (tertiary/aromatic N) is 3. The van der Waals surface area contributed by atoms with Gasteiger partial charge in [0, 0.05) is 7.11 Å². The normalized spacial score (nSPS) is 14.4. The summed E-state index contributed by atoms with van der Waals surface area (Å²) in [6, 6.07) is 0. The summed E-state index contributed by atoms with van der Waals surface area (Å²) in [5.74, 6) is 0.00119. The number of methoxy groups -OCH3 is 1. The standard InChI is InChI=1S/C12H19N5O5/c1-16-5-17(6-22-8(4-21-2)7(19)3-18)10-9(16)11(20)15-12(13)14-10/h5,7-8,18-19H,3-4,6H2,1-2H3,(H2-,13,14,15,20)/p+1/t7-,8?/m1/s1. The molecule has 0 fully saturated rings. The van der Waals surface area contributed by atoms with E-state index in [1.54, 1.807) is 22.5 Å². The zero-order valence-corrected chi connectivity index (χ0v) is 12.4. The Morgan fingerprint density at radius 1 is 1.59 bits per heavy atom.